The Labute approximate surface area is 126 Å². The summed E-state index contributed by atoms with van der Waals surface area (Å²) in [7, 11) is -0.365. The van der Waals surface area contributed by atoms with Gasteiger partial charge in [-0.15, -0.1) is 0 Å². The fourth-order valence-corrected chi connectivity index (χ4v) is 3.32. The number of carbonyl (C=O) groups excluding carboxylic acids is 1. The normalized spacial score (nSPS) is 17.2. The Morgan fingerprint density at radius 3 is 2.05 bits per heavy atom. The summed E-state index contributed by atoms with van der Waals surface area (Å²) in [6.45, 7) is 3.47. The standard InChI is InChI=1S/C14H21N3O3S/c1-12-4-6-13(7-5-12)14(18)16-8-10-17(11-9-16)21(19,20)15(2)3/h4-7H,8-11H2,1-3H3. The molecule has 1 aromatic carbocycles. The van der Waals surface area contributed by atoms with Gasteiger partial charge in [0, 0.05) is 45.8 Å². The maximum Gasteiger partial charge on any atom is 0.281 e. The van der Waals surface area contributed by atoms with Crippen LogP contribution in [0.1, 0.15) is 15.9 Å². The number of amides is 1. The minimum Gasteiger partial charge on any atom is -0.336 e. The molecule has 1 aliphatic heterocycles. The van der Waals surface area contributed by atoms with Crippen LogP contribution in [0.15, 0.2) is 24.3 Å². The summed E-state index contributed by atoms with van der Waals surface area (Å²) < 4.78 is 26.6. The highest BCUT2D eigenvalue weighted by Crippen LogP contribution is 2.13. The fraction of sp³-hybridized carbons (Fsp3) is 0.500. The van der Waals surface area contributed by atoms with Gasteiger partial charge < -0.3 is 4.90 Å². The van der Waals surface area contributed by atoms with E-state index in [0.29, 0.717) is 31.7 Å². The Hall–Kier alpha value is -1.44. The molecule has 0 aromatic heterocycles. The largest absolute Gasteiger partial charge is 0.336 e. The van der Waals surface area contributed by atoms with E-state index in [4.69, 9.17) is 0 Å². The van der Waals surface area contributed by atoms with Crippen molar-refractivity contribution < 1.29 is 13.2 Å². The summed E-state index contributed by atoms with van der Waals surface area (Å²) in [5, 5.41) is 0. The number of hydrogen-bond donors (Lipinski definition) is 0. The molecule has 0 atom stereocenters. The smallest absolute Gasteiger partial charge is 0.281 e. The average Bonchev–Trinajstić information content (AvgIpc) is 2.47. The lowest BCUT2D eigenvalue weighted by atomic mass is 10.1. The SMILES string of the molecule is Cc1ccc(C(=O)N2CCN(S(=O)(=O)N(C)C)CC2)cc1. The van der Waals surface area contributed by atoms with Crippen LogP contribution in [0.3, 0.4) is 0 Å². The Balaban J connectivity index is 2.01. The summed E-state index contributed by atoms with van der Waals surface area (Å²) in [5.74, 6) is -0.0445. The highest BCUT2D eigenvalue weighted by atomic mass is 32.2. The van der Waals surface area contributed by atoms with E-state index in [9.17, 15) is 13.2 Å². The molecular formula is C14H21N3O3S. The second kappa shape index (κ2) is 6.13. The van der Waals surface area contributed by atoms with E-state index in [1.54, 1.807) is 17.0 Å². The lowest BCUT2D eigenvalue weighted by Gasteiger charge is -2.35. The van der Waals surface area contributed by atoms with Gasteiger partial charge in [0.05, 0.1) is 0 Å². The van der Waals surface area contributed by atoms with Crippen molar-refractivity contribution in [3.63, 3.8) is 0 Å². The Morgan fingerprint density at radius 1 is 1.05 bits per heavy atom. The van der Waals surface area contributed by atoms with Crippen molar-refractivity contribution in [2.45, 2.75) is 6.92 Å². The summed E-state index contributed by atoms with van der Waals surface area (Å²) in [5.41, 5.74) is 1.75. The molecule has 1 aliphatic rings. The number of aryl methyl sites for hydroxylation is 1. The molecule has 1 saturated heterocycles. The molecule has 0 aliphatic carbocycles. The van der Waals surface area contributed by atoms with Crippen molar-refractivity contribution in [2.75, 3.05) is 40.3 Å². The van der Waals surface area contributed by atoms with E-state index in [1.165, 1.54) is 22.7 Å². The zero-order valence-corrected chi connectivity index (χ0v) is 13.4. The second-order valence-electron chi connectivity index (χ2n) is 5.35. The third-order valence-corrected chi connectivity index (χ3v) is 5.55. The molecule has 0 radical (unpaired) electrons. The lowest BCUT2D eigenvalue weighted by Crippen LogP contribution is -2.53. The first kappa shape index (κ1) is 15.9. The zero-order valence-electron chi connectivity index (χ0n) is 12.6. The summed E-state index contributed by atoms with van der Waals surface area (Å²) in [4.78, 5) is 14.0. The number of hydrogen-bond acceptors (Lipinski definition) is 3. The molecule has 0 spiro atoms. The summed E-state index contributed by atoms with van der Waals surface area (Å²) in [6, 6.07) is 7.42. The number of rotatable bonds is 3. The molecule has 0 unspecified atom stereocenters. The minimum atomic E-state index is -3.39. The zero-order chi connectivity index (χ0) is 15.6. The number of piperazine rings is 1. The average molecular weight is 311 g/mol. The highest BCUT2D eigenvalue weighted by molar-refractivity contribution is 7.86. The predicted molar refractivity (Wildman–Crippen MR) is 81.3 cm³/mol. The molecular weight excluding hydrogens is 290 g/mol. The van der Waals surface area contributed by atoms with Crippen molar-refractivity contribution in [3.8, 4) is 0 Å². The van der Waals surface area contributed by atoms with Crippen LogP contribution in [-0.4, -0.2) is 68.1 Å². The molecule has 0 saturated carbocycles. The van der Waals surface area contributed by atoms with Gasteiger partial charge in [-0.3, -0.25) is 4.79 Å². The summed E-state index contributed by atoms with van der Waals surface area (Å²) in [6.07, 6.45) is 0. The molecule has 0 bridgehead atoms. The third-order valence-electron chi connectivity index (χ3n) is 3.61. The molecule has 1 fully saturated rings. The Morgan fingerprint density at radius 2 is 1.57 bits per heavy atom. The van der Waals surface area contributed by atoms with Gasteiger partial charge in [0.25, 0.3) is 16.1 Å². The van der Waals surface area contributed by atoms with Crippen molar-refractivity contribution in [1.82, 2.24) is 13.5 Å². The van der Waals surface area contributed by atoms with E-state index in [0.717, 1.165) is 5.56 Å². The number of carbonyl (C=O) groups is 1. The van der Waals surface area contributed by atoms with Crippen LogP contribution in [0.4, 0.5) is 0 Å². The predicted octanol–water partition coefficient (Wildman–Crippen LogP) is 0.559. The molecule has 1 heterocycles. The van der Waals surface area contributed by atoms with Crippen molar-refractivity contribution in [3.05, 3.63) is 35.4 Å². The molecule has 7 heteroatoms. The molecule has 2 rings (SSSR count). The van der Waals surface area contributed by atoms with E-state index < -0.39 is 10.2 Å². The Kier molecular flexibility index (Phi) is 4.65. The van der Waals surface area contributed by atoms with Crippen LogP contribution in [0.5, 0.6) is 0 Å². The monoisotopic (exact) mass is 311 g/mol. The van der Waals surface area contributed by atoms with Crippen molar-refractivity contribution >= 4 is 16.1 Å². The van der Waals surface area contributed by atoms with Crippen LogP contribution < -0.4 is 0 Å². The van der Waals surface area contributed by atoms with Gasteiger partial charge in [0.2, 0.25) is 0 Å². The topological polar surface area (TPSA) is 60.9 Å². The molecule has 116 valence electrons. The van der Waals surface area contributed by atoms with Gasteiger partial charge in [-0.1, -0.05) is 17.7 Å². The van der Waals surface area contributed by atoms with Crippen LogP contribution in [0.25, 0.3) is 0 Å². The minimum absolute atomic E-state index is 0.0445. The van der Waals surface area contributed by atoms with Crippen molar-refractivity contribution in [2.24, 2.45) is 0 Å². The second-order valence-corrected chi connectivity index (χ2v) is 7.49. The van der Waals surface area contributed by atoms with Gasteiger partial charge >= 0.3 is 0 Å². The van der Waals surface area contributed by atoms with Gasteiger partial charge in [-0.05, 0) is 19.1 Å². The van der Waals surface area contributed by atoms with Crippen LogP contribution in [0, 0.1) is 6.92 Å². The number of nitrogens with zero attached hydrogens (tertiary/aromatic N) is 3. The van der Waals surface area contributed by atoms with E-state index in [2.05, 4.69) is 0 Å². The van der Waals surface area contributed by atoms with Gasteiger partial charge in [0.15, 0.2) is 0 Å². The van der Waals surface area contributed by atoms with E-state index >= 15 is 0 Å². The maximum atomic E-state index is 12.3. The molecule has 1 aromatic rings. The van der Waals surface area contributed by atoms with Crippen LogP contribution >= 0.6 is 0 Å². The highest BCUT2D eigenvalue weighted by Gasteiger charge is 2.30. The Bertz CT molecular complexity index is 603. The lowest BCUT2D eigenvalue weighted by molar-refractivity contribution is 0.0695. The first-order valence-corrected chi connectivity index (χ1v) is 8.25. The quantitative estimate of drug-likeness (QED) is 0.819. The molecule has 21 heavy (non-hydrogen) atoms. The molecule has 6 nitrogen and oxygen atoms in total. The first-order chi connectivity index (χ1) is 9.82. The van der Waals surface area contributed by atoms with Crippen LogP contribution in [-0.2, 0) is 10.2 Å². The van der Waals surface area contributed by atoms with Crippen molar-refractivity contribution in [1.29, 1.82) is 0 Å². The maximum absolute atomic E-state index is 12.3. The van der Waals surface area contributed by atoms with Crippen LogP contribution in [0.2, 0.25) is 0 Å². The van der Waals surface area contributed by atoms with Gasteiger partial charge in [-0.25, -0.2) is 0 Å². The fourth-order valence-electron chi connectivity index (χ4n) is 2.23. The number of benzene rings is 1. The summed E-state index contributed by atoms with van der Waals surface area (Å²) >= 11 is 0. The van der Waals surface area contributed by atoms with E-state index in [1.807, 2.05) is 19.1 Å². The molecule has 1 amide bonds. The first-order valence-electron chi connectivity index (χ1n) is 6.86. The third kappa shape index (κ3) is 3.42. The van der Waals surface area contributed by atoms with Gasteiger partial charge in [0.1, 0.15) is 0 Å². The van der Waals surface area contributed by atoms with E-state index in [-0.39, 0.29) is 5.91 Å². The van der Waals surface area contributed by atoms with Gasteiger partial charge in [-0.2, -0.15) is 17.0 Å². The molecule has 0 N–H and O–H groups in total.